The van der Waals surface area contributed by atoms with Crippen LogP contribution in [0.3, 0.4) is 0 Å². The molecule has 1 fully saturated rings. The maximum Gasteiger partial charge on any atom is 0.262 e. The maximum absolute atomic E-state index is 13.0. The molecule has 8 heteroatoms. The molecule has 7 nitrogen and oxygen atoms in total. The summed E-state index contributed by atoms with van der Waals surface area (Å²) in [6.07, 6.45) is 0.940. The van der Waals surface area contributed by atoms with E-state index in [1.165, 1.54) is 5.56 Å². The van der Waals surface area contributed by atoms with E-state index in [4.69, 9.17) is 21.1 Å². The van der Waals surface area contributed by atoms with E-state index in [-0.39, 0.29) is 18.4 Å². The zero-order valence-electron chi connectivity index (χ0n) is 22.8. The number of piperazine rings is 1. The standard InChI is InChI=1S/C31H36ClN3O4/c1-4-19-38-26-12-7-24(8-13-26)31(37)35-17-15-34(16-18-35)29-14-9-25(20-28(29)32)33-30(36)21-39-27-10-5-23(6-11-27)22(2)3/h5-14,20,22H,4,15-19,21H2,1-3H3,(H,33,36). The van der Waals surface area contributed by atoms with Crippen LogP contribution in [-0.2, 0) is 4.79 Å². The highest BCUT2D eigenvalue weighted by Crippen LogP contribution is 2.30. The SMILES string of the molecule is CCCOc1ccc(C(=O)N2CCN(c3ccc(NC(=O)COc4ccc(C(C)C)cc4)cc3Cl)CC2)cc1. The summed E-state index contributed by atoms with van der Waals surface area (Å²) < 4.78 is 11.2. The van der Waals surface area contributed by atoms with Crippen molar-refractivity contribution in [3.05, 3.63) is 82.9 Å². The number of carbonyl (C=O) groups excluding carboxylic acids is 2. The molecule has 0 aliphatic carbocycles. The summed E-state index contributed by atoms with van der Waals surface area (Å²) >= 11 is 6.59. The number of nitrogens with zero attached hydrogens (tertiary/aromatic N) is 2. The van der Waals surface area contributed by atoms with Gasteiger partial charge < -0.3 is 24.6 Å². The van der Waals surface area contributed by atoms with Crippen LogP contribution in [0.25, 0.3) is 0 Å². The average Bonchev–Trinajstić information content (AvgIpc) is 2.95. The molecule has 206 valence electrons. The Morgan fingerprint density at radius 2 is 1.54 bits per heavy atom. The largest absolute Gasteiger partial charge is 0.494 e. The lowest BCUT2D eigenvalue weighted by atomic mass is 10.0. The van der Waals surface area contributed by atoms with Crippen LogP contribution in [0.5, 0.6) is 11.5 Å². The predicted octanol–water partition coefficient (Wildman–Crippen LogP) is 6.23. The lowest BCUT2D eigenvalue weighted by molar-refractivity contribution is -0.118. The van der Waals surface area contributed by atoms with E-state index in [2.05, 4.69) is 31.0 Å². The second-order valence-corrected chi connectivity index (χ2v) is 10.3. The van der Waals surface area contributed by atoms with Crippen LogP contribution in [0, 0.1) is 0 Å². The van der Waals surface area contributed by atoms with Crippen LogP contribution in [0.15, 0.2) is 66.7 Å². The van der Waals surface area contributed by atoms with E-state index >= 15 is 0 Å². The molecule has 1 heterocycles. The second-order valence-electron chi connectivity index (χ2n) is 9.88. The molecule has 1 aliphatic rings. The molecule has 0 unspecified atom stereocenters. The summed E-state index contributed by atoms with van der Waals surface area (Å²) in [5.74, 6) is 1.62. The Morgan fingerprint density at radius 1 is 0.897 bits per heavy atom. The molecule has 0 bridgehead atoms. The first-order valence-corrected chi connectivity index (χ1v) is 13.8. The first-order chi connectivity index (χ1) is 18.8. The predicted molar refractivity (Wildman–Crippen MR) is 156 cm³/mol. The van der Waals surface area contributed by atoms with Crippen molar-refractivity contribution in [1.82, 2.24) is 4.90 Å². The minimum absolute atomic E-state index is 0.0129. The fraction of sp³-hybridized carbons (Fsp3) is 0.355. The monoisotopic (exact) mass is 549 g/mol. The van der Waals surface area contributed by atoms with Crippen molar-refractivity contribution >= 4 is 34.8 Å². The van der Waals surface area contributed by atoms with Crippen LogP contribution in [0.1, 0.15) is 49.0 Å². The van der Waals surface area contributed by atoms with Crippen molar-refractivity contribution in [3.8, 4) is 11.5 Å². The molecule has 1 saturated heterocycles. The van der Waals surface area contributed by atoms with Gasteiger partial charge in [-0.1, -0.05) is 44.5 Å². The van der Waals surface area contributed by atoms with E-state index in [1.807, 2.05) is 65.6 Å². The Kier molecular flexibility index (Phi) is 9.71. The van der Waals surface area contributed by atoms with Crippen LogP contribution in [0.4, 0.5) is 11.4 Å². The number of rotatable bonds is 10. The highest BCUT2D eigenvalue weighted by atomic mass is 35.5. The minimum Gasteiger partial charge on any atom is -0.494 e. The topological polar surface area (TPSA) is 71.1 Å². The molecular weight excluding hydrogens is 514 g/mol. The van der Waals surface area contributed by atoms with Gasteiger partial charge in [-0.25, -0.2) is 0 Å². The number of anilines is 2. The molecule has 3 aromatic carbocycles. The van der Waals surface area contributed by atoms with E-state index in [9.17, 15) is 9.59 Å². The third kappa shape index (κ3) is 7.67. The summed E-state index contributed by atoms with van der Waals surface area (Å²) in [4.78, 5) is 29.4. The van der Waals surface area contributed by atoms with Gasteiger partial charge in [-0.2, -0.15) is 0 Å². The molecule has 2 amide bonds. The molecule has 0 saturated carbocycles. The summed E-state index contributed by atoms with van der Waals surface area (Å²) in [5.41, 5.74) is 3.35. The van der Waals surface area contributed by atoms with Gasteiger partial charge in [0.05, 0.1) is 17.3 Å². The van der Waals surface area contributed by atoms with E-state index in [0.29, 0.717) is 60.7 Å². The Labute approximate surface area is 235 Å². The number of nitrogens with one attached hydrogen (secondary N) is 1. The zero-order chi connectivity index (χ0) is 27.8. The number of benzene rings is 3. The van der Waals surface area contributed by atoms with Crippen molar-refractivity contribution in [2.75, 3.05) is 49.6 Å². The zero-order valence-corrected chi connectivity index (χ0v) is 23.5. The molecule has 0 spiro atoms. The number of amides is 2. The Hall–Kier alpha value is -3.71. The molecule has 0 atom stereocenters. The van der Waals surface area contributed by atoms with Crippen LogP contribution in [0.2, 0.25) is 5.02 Å². The number of halogens is 1. The fourth-order valence-corrected chi connectivity index (χ4v) is 4.68. The number of hydrogen-bond acceptors (Lipinski definition) is 5. The Bertz CT molecular complexity index is 1250. The van der Waals surface area contributed by atoms with Gasteiger partial charge in [0, 0.05) is 37.4 Å². The lowest BCUT2D eigenvalue weighted by Gasteiger charge is -2.36. The van der Waals surface area contributed by atoms with Crippen LogP contribution in [-0.4, -0.2) is 56.1 Å². The summed E-state index contributed by atoms with van der Waals surface area (Å²) in [6.45, 7) is 9.41. The molecule has 1 N–H and O–H groups in total. The van der Waals surface area contributed by atoms with Gasteiger partial charge in [-0.05, 0) is 72.5 Å². The van der Waals surface area contributed by atoms with E-state index in [1.54, 1.807) is 6.07 Å². The number of ether oxygens (including phenoxy) is 2. The Balaban J connectivity index is 1.26. The average molecular weight is 550 g/mol. The van der Waals surface area contributed by atoms with E-state index in [0.717, 1.165) is 17.9 Å². The normalized spacial score (nSPS) is 13.4. The second kappa shape index (κ2) is 13.4. The first kappa shape index (κ1) is 28.3. The van der Waals surface area contributed by atoms with E-state index < -0.39 is 0 Å². The molecule has 3 aromatic rings. The summed E-state index contributed by atoms with van der Waals surface area (Å²) in [6, 6.07) is 20.6. The smallest absolute Gasteiger partial charge is 0.262 e. The van der Waals surface area contributed by atoms with Crippen LogP contribution >= 0.6 is 11.6 Å². The van der Waals surface area contributed by atoms with Crippen molar-refractivity contribution in [2.45, 2.75) is 33.1 Å². The van der Waals surface area contributed by atoms with Gasteiger partial charge >= 0.3 is 0 Å². The van der Waals surface area contributed by atoms with Gasteiger partial charge in [-0.3, -0.25) is 9.59 Å². The lowest BCUT2D eigenvalue weighted by Crippen LogP contribution is -2.48. The molecule has 0 aromatic heterocycles. The highest BCUT2D eigenvalue weighted by molar-refractivity contribution is 6.33. The van der Waals surface area contributed by atoms with Crippen molar-refractivity contribution in [1.29, 1.82) is 0 Å². The van der Waals surface area contributed by atoms with Crippen molar-refractivity contribution in [3.63, 3.8) is 0 Å². The molecular formula is C31H36ClN3O4. The Morgan fingerprint density at radius 3 is 2.15 bits per heavy atom. The van der Waals surface area contributed by atoms with Crippen LogP contribution < -0.4 is 19.7 Å². The maximum atomic E-state index is 13.0. The highest BCUT2D eigenvalue weighted by Gasteiger charge is 2.23. The minimum atomic E-state index is -0.260. The third-order valence-corrected chi connectivity index (χ3v) is 6.93. The molecule has 39 heavy (non-hydrogen) atoms. The van der Waals surface area contributed by atoms with Gasteiger partial charge in [0.2, 0.25) is 0 Å². The van der Waals surface area contributed by atoms with Gasteiger partial charge in [-0.15, -0.1) is 0 Å². The van der Waals surface area contributed by atoms with Gasteiger partial charge in [0.15, 0.2) is 6.61 Å². The molecule has 0 radical (unpaired) electrons. The van der Waals surface area contributed by atoms with Crippen molar-refractivity contribution in [2.24, 2.45) is 0 Å². The van der Waals surface area contributed by atoms with Gasteiger partial charge in [0.1, 0.15) is 11.5 Å². The molecule has 4 rings (SSSR count). The number of hydrogen-bond donors (Lipinski definition) is 1. The molecule has 1 aliphatic heterocycles. The summed E-state index contributed by atoms with van der Waals surface area (Å²) in [7, 11) is 0. The van der Waals surface area contributed by atoms with Gasteiger partial charge in [0.25, 0.3) is 11.8 Å². The summed E-state index contributed by atoms with van der Waals surface area (Å²) in [5, 5.41) is 3.38. The third-order valence-electron chi connectivity index (χ3n) is 6.63. The number of carbonyl (C=O) groups is 2. The fourth-order valence-electron chi connectivity index (χ4n) is 4.38. The first-order valence-electron chi connectivity index (χ1n) is 13.4. The quantitative estimate of drug-likeness (QED) is 0.324. The van der Waals surface area contributed by atoms with Crippen molar-refractivity contribution < 1.29 is 19.1 Å².